The summed E-state index contributed by atoms with van der Waals surface area (Å²) in [6, 6.07) is 6.91. The van der Waals surface area contributed by atoms with Crippen molar-refractivity contribution in [2.45, 2.75) is 18.4 Å². The van der Waals surface area contributed by atoms with Crippen molar-refractivity contribution in [3.8, 4) is 6.07 Å². The molecular formula is C12H9N3O2. The lowest BCUT2D eigenvalue weighted by molar-refractivity contribution is -0.124. The van der Waals surface area contributed by atoms with Crippen molar-refractivity contribution >= 4 is 11.9 Å². The number of imide groups is 1. The molecular weight excluding hydrogens is 218 g/mol. The monoisotopic (exact) mass is 227 g/mol. The Labute approximate surface area is 97.4 Å². The molecule has 1 fully saturated rings. The summed E-state index contributed by atoms with van der Waals surface area (Å²) in [6.07, 6.45) is 1.14. The summed E-state index contributed by atoms with van der Waals surface area (Å²) in [5.74, 6) is -0.323. The van der Waals surface area contributed by atoms with Gasteiger partial charge < -0.3 is 5.32 Å². The van der Waals surface area contributed by atoms with Crippen molar-refractivity contribution in [3.63, 3.8) is 0 Å². The highest BCUT2D eigenvalue weighted by molar-refractivity contribution is 6.08. The first kappa shape index (κ1) is 9.85. The first-order valence-electron chi connectivity index (χ1n) is 5.33. The standard InChI is InChI=1S/C12H9N3O2/c13-6-7-2-1-3-9-8(7)4-5-12(9)10(16)14-11(17)15-12/h1-3H,4-5H2,(H2,14,15,16,17)/t12-/m1/s1. The quantitative estimate of drug-likeness (QED) is 0.634. The number of hydrogen-bond donors (Lipinski definition) is 2. The van der Waals surface area contributed by atoms with Crippen molar-refractivity contribution in [1.29, 1.82) is 5.26 Å². The number of carbonyl (C=O) groups excluding carboxylic acids is 2. The van der Waals surface area contributed by atoms with E-state index in [0.29, 0.717) is 18.4 Å². The maximum absolute atomic E-state index is 11.9. The number of hydrogen-bond acceptors (Lipinski definition) is 3. The lowest BCUT2D eigenvalue weighted by atomic mass is 9.91. The highest BCUT2D eigenvalue weighted by atomic mass is 16.2. The normalized spacial score (nSPS) is 25.4. The lowest BCUT2D eigenvalue weighted by Crippen LogP contribution is -2.41. The van der Waals surface area contributed by atoms with Crippen molar-refractivity contribution in [2.24, 2.45) is 0 Å². The Morgan fingerprint density at radius 3 is 2.82 bits per heavy atom. The maximum Gasteiger partial charge on any atom is 0.322 e. The summed E-state index contributed by atoms with van der Waals surface area (Å²) in [6.45, 7) is 0. The third kappa shape index (κ3) is 1.12. The molecule has 1 aliphatic carbocycles. The fourth-order valence-corrected chi connectivity index (χ4v) is 2.67. The number of fused-ring (bicyclic) bond motifs is 2. The van der Waals surface area contributed by atoms with Gasteiger partial charge >= 0.3 is 6.03 Å². The zero-order chi connectivity index (χ0) is 12.0. The summed E-state index contributed by atoms with van der Waals surface area (Å²) in [4.78, 5) is 23.2. The van der Waals surface area contributed by atoms with Crippen LogP contribution in [0.3, 0.4) is 0 Å². The Kier molecular flexibility index (Phi) is 1.78. The van der Waals surface area contributed by atoms with Crippen LogP contribution in [0.15, 0.2) is 18.2 Å². The summed E-state index contributed by atoms with van der Waals surface area (Å²) >= 11 is 0. The Bertz CT molecular complexity index is 588. The highest BCUT2D eigenvalue weighted by Gasteiger charge is 2.51. The topological polar surface area (TPSA) is 82.0 Å². The second-order valence-electron chi connectivity index (χ2n) is 4.26. The molecule has 17 heavy (non-hydrogen) atoms. The average Bonchev–Trinajstić information content (AvgIpc) is 2.82. The third-order valence-electron chi connectivity index (χ3n) is 3.45. The van der Waals surface area contributed by atoms with Gasteiger partial charge in [0.15, 0.2) is 0 Å². The van der Waals surface area contributed by atoms with Crippen LogP contribution in [0.5, 0.6) is 0 Å². The van der Waals surface area contributed by atoms with Crippen LogP contribution in [0.1, 0.15) is 23.1 Å². The molecule has 1 aliphatic heterocycles. The van der Waals surface area contributed by atoms with Crippen molar-refractivity contribution in [1.82, 2.24) is 10.6 Å². The van der Waals surface area contributed by atoms with Crippen LogP contribution in [0, 0.1) is 11.3 Å². The number of nitriles is 1. The molecule has 0 unspecified atom stereocenters. The second kappa shape index (κ2) is 3.08. The molecule has 2 aliphatic rings. The van der Waals surface area contributed by atoms with Gasteiger partial charge in [-0.3, -0.25) is 10.1 Å². The van der Waals surface area contributed by atoms with Crippen LogP contribution in [-0.4, -0.2) is 11.9 Å². The van der Waals surface area contributed by atoms with E-state index in [2.05, 4.69) is 16.7 Å². The number of rotatable bonds is 0. The summed E-state index contributed by atoms with van der Waals surface area (Å²) < 4.78 is 0. The largest absolute Gasteiger partial charge is 0.322 e. The van der Waals surface area contributed by atoms with E-state index < -0.39 is 11.6 Å². The van der Waals surface area contributed by atoms with E-state index in [1.807, 2.05) is 0 Å². The Morgan fingerprint density at radius 1 is 1.35 bits per heavy atom. The van der Waals surface area contributed by atoms with Crippen molar-refractivity contribution in [2.75, 3.05) is 0 Å². The van der Waals surface area contributed by atoms with Crippen LogP contribution in [0.2, 0.25) is 0 Å². The molecule has 0 bridgehead atoms. The van der Waals surface area contributed by atoms with Crippen LogP contribution in [0.4, 0.5) is 4.79 Å². The van der Waals surface area contributed by atoms with Crippen LogP contribution >= 0.6 is 0 Å². The fourth-order valence-electron chi connectivity index (χ4n) is 2.67. The number of urea groups is 1. The zero-order valence-electron chi connectivity index (χ0n) is 8.91. The average molecular weight is 227 g/mol. The van der Waals surface area contributed by atoms with Gasteiger partial charge in [-0.25, -0.2) is 4.79 Å². The molecule has 5 heteroatoms. The minimum absolute atomic E-state index is 0.323. The first-order chi connectivity index (χ1) is 8.17. The molecule has 84 valence electrons. The molecule has 1 atom stereocenters. The SMILES string of the molecule is N#Cc1cccc2c1CC[C@@]21NC(=O)NC1=O. The first-order valence-corrected chi connectivity index (χ1v) is 5.33. The van der Waals surface area contributed by atoms with E-state index in [9.17, 15) is 9.59 Å². The minimum Gasteiger partial charge on any atom is -0.319 e. The van der Waals surface area contributed by atoms with Crippen LogP contribution < -0.4 is 10.6 Å². The predicted molar refractivity (Wildman–Crippen MR) is 57.8 cm³/mol. The number of amides is 3. The summed E-state index contributed by atoms with van der Waals surface area (Å²) in [5, 5.41) is 13.9. The van der Waals surface area contributed by atoms with Gasteiger partial charge in [0, 0.05) is 0 Å². The van der Waals surface area contributed by atoms with Crippen molar-refractivity contribution in [3.05, 3.63) is 34.9 Å². The molecule has 2 N–H and O–H groups in total. The molecule has 5 nitrogen and oxygen atoms in total. The zero-order valence-corrected chi connectivity index (χ0v) is 8.91. The number of nitrogens with zero attached hydrogens (tertiary/aromatic N) is 1. The van der Waals surface area contributed by atoms with Gasteiger partial charge in [-0.15, -0.1) is 0 Å². The van der Waals surface area contributed by atoms with E-state index in [0.717, 1.165) is 11.1 Å². The van der Waals surface area contributed by atoms with Gasteiger partial charge in [0.1, 0.15) is 5.54 Å². The van der Waals surface area contributed by atoms with Crippen LogP contribution in [0.25, 0.3) is 0 Å². The number of carbonyl (C=O) groups is 2. The van der Waals surface area contributed by atoms with Gasteiger partial charge in [0.2, 0.25) is 0 Å². The second-order valence-corrected chi connectivity index (χ2v) is 4.26. The Morgan fingerprint density at radius 2 is 2.18 bits per heavy atom. The molecule has 1 aromatic carbocycles. The minimum atomic E-state index is -0.959. The maximum atomic E-state index is 11.9. The van der Waals surface area contributed by atoms with E-state index in [1.165, 1.54) is 0 Å². The third-order valence-corrected chi connectivity index (χ3v) is 3.45. The van der Waals surface area contributed by atoms with E-state index in [1.54, 1.807) is 18.2 Å². The molecule has 0 radical (unpaired) electrons. The smallest absolute Gasteiger partial charge is 0.319 e. The molecule has 1 heterocycles. The highest BCUT2D eigenvalue weighted by Crippen LogP contribution is 2.40. The molecule has 0 saturated carbocycles. The van der Waals surface area contributed by atoms with E-state index in [4.69, 9.17) is 5.26 Å². The molecule has 1 saturated heterocycles. The van der Waals surface area contributed by atoms with E-state index in [-0.39, 0.29) is 5.91 Å². The van der Waals surface area contributed by atoms with Crippen molar-refractivity contribution < 1.29 is 9.59 Å². The number of nitrogens with one attached hydrogen (secondary N) is 2. The fraction of sp³-hybridized carbons (Fsp3) is 0.250. The molecule has 0 aromatic heterocycles. The van der Waals surface area contributed by atoms with E-state index >= 15 is 0 Å². The van der Waals surface area contributed by atoms with Gasteiger partial charge in [0.05, 0.1) is 11.6 Å². The van der Waals surface area contributed by atoms with Gasteiger partial charge in [0.25, 0.3) is 5.91 Å². The Balaban J connectivity index is 2.20. The number of benzene rings is 1. The van der Waals surface area contributed by atoms with Gasteiger partial charge in [-0.05, 0) is 30.0 Å². The molecule has 3 amide bonds. The van der Waals surface area contributed by atoms with Gasteiger partial charge in [-0.2, -0.15) is 5.26 Å². The molecule has 3 rings (SSSR count). The van der Waals surface area contributed by atoms with Crippen LogP contribution in [-0.2, 0) is 16.8 Å². The molecule has 1 aromatic rings. The predicted octanol–water partition coefficient (Wildman–Crippen LogP) is 0.539. The Hall–Kier alpha value is -2.35. The summed E-state index contributed by atoms with van der Waals surface area (Å²) in [5.41, 5.74) is 1.24. The molecule has 1 spiro atoms. The summed E-state index contributed by atoms with van der Waals surface area (Å²) in [7, 11) is 0. The van der Waals surface area contributed by atoms with Gasteiger partial charge in [-0.1, -0.05) is 12.1 Å². The lowest BCUT2D eigenvalue weighted by Gasteiger charge is -2.20.